The molecule has 154 valence electrons. The van der Waals surface area contributed by atoms with E-state index in [9.17, 15) is 22.8 Å². The molecule has 2 N–H and O–H groups in total. The van der Waals surface area contributed by atoms with E-state index in [1.165, 1.54) is 36.3 Å². The molecule has 1 aromatic carbocycles. The Labute approximate surface area is 165 Å². The Morgan fingerprint density at radius 3 is 2.55 bits per heavy atom. The van der Waals surface area contributed by atoms with Crippen molar-refractivity contribution in [1.29, 1.82) is 0 Å². The molecule has 0 radical (unpaired) electrons. The number of rotatable bonds is 5. The number of aromatic nitrogens is 2. The molecule has 2 aliphatic carbocycles. The summed E-state index contributed by atoms with van der Waals surface area (Å²) in [6.07, 6.45) is -1.08. The van der Waals surface area contributed by atoms with Gasteiger partial charge in [-0.3, -0.25) is 14.3 Å². The van der Waals surface area contributed by atoms with Crippen molar-refractivity contribution in [1.82, 2.24) is 20.4 Å². The summed E-state index contributed by atoms with van der Waals surface area (Å²) in [5.74, 6) is 0.193. The van der Waals surface area contributed by atoms with Crippen LogP contribution < -0.4 is 10.6 Å². The fourth-order valence-corrected chi connectivity index (χ4v) is 4.24. The standard InChI is InChI=1S/C20H21F3N4O2/c1-24-18(28)15-9-16(19(29)25-17-13-6-3-7-14(13)17)27(26-15)10-11-4-2-5-12(8-11)20(21,22)23/h2,4-5,8-9,13-14,17H,3,6-7,10H2,1H3,(H,24,28)(H,25,29). The predicted molar refractivity (Wildman–Crippen MR) is 98.2 cm³/mol. The summed E-state index contributed by atoms with van der Waals surface area (Å²) >= 11 is 0. The van der Waals surface area contributed by atoms with Gasteiger partial charge in [-0.15, -0.1) is 0 Å². The Kier molecular flexibility index (Phi) is 4.84. The lowest BCUT2D eigenvalue weighted by molar-refractivity contribution is -0.137. The molecule has 0 bridgehead atoms. The maximum absolute atomic E-state index is 13.0. The van der Waals surface area contributed by atoms with Crippen LogP contribution in [-0.4, -0.2) is 34.7 Å². The molecule has 4 rings (SSSR count). The molecule has 2 unspecified atom stereocenters. The van der Waals surface area contributed by atoms with Crippen molar-refractivity contribution in [3.05, 3.63) is 52.8 Å². The number of alkyl halides is 3. The lowest BCUT2D eigenvalue weighted by atomic mass is 10.1. The Hall–Kier alpha value is -2.84. The van der Waals surface area contributed by atoms with Crippen LogP contribution in [0.3, 0.4) is 0 Å². The van der Waals surface area contributed by atoms with Gasteiger partial charge in [-0.1, -0.05) is 18.6 Å². The first-order valence-electron chi connectivity index (χ1n) is 9.55. The van der Waals surface area contributed by atoms with Crippen molar-refractivity contribution < 1.29 is 22.8 Å². The summed E-state index contributed by atoms with van der Waals surface area (Å²) in [6.45, 7) is -0.0544. The topological polar surface area (TPSA) is 76.0 Å². The summed E-state index contributed by atoms with van der Waals surface area (Å²) in [7, 11) is 1.44. The molecule has 0 aliphatic heterocycles. The van der Waals surface area contributed by atoms with Gasteiger partial charge in [0.25, 0.3) is 11.8 Å². The van der Waals surface area contributed by atoms with Gasteiger partial charge in [0, 0.05) is 19.2 Å². The average molecular weight is 406 g/mol. The second-order valence-corrected chi connectivity index (χ2v) is 7.61. The van der Waals surface area contributed by atoms with Crippen LogP contribution in [0.1, 0.15) is 51.4 Å². The third-order valence-electron chi connectivity index (χ3n) is 5.76. The second-order valence-electron chi connectivity index (χ2n) is 7.61. The molecule has 2 fully saturated rings. The molecule has 2 aliphatic rings. The van der Waals surface area contributed by atoms with Crippen molar-refractivity contribution in [2.45, 2.75) is 38.0 Å². The number of amides is 2. The number of halogens is 3. The molecule has 2 saturated carbocycles. The fourth-order valence-electron chi connectivity index (χ4n) is 4.24. The number of carbonyl (C=O) groups excluding carboxylic acids is 2. The molecule has 0 saturated heterocycles. The quantitative estimate of drug-likeness (QED) is 0.802. The Bertz CT molecular complexity index is 943. The largest absolute Gasteiger partial charge is 0.416 e. The molecule has 2 aromatic rings. The van der Waals surface area contributed by atoms with E-state index in [4.69, 9.17) is 0 Å². The van der Waals surface area contributed by atoms with E-state index in [0.29, 0.717) is 17.4 Å². The predicted octanol–water partition coefficient (Wildman–Crippen LogP) is 2.84. The third-order valence-corrected chi connectivity index (χ3v) is 5.76. The highest BCUT2D eigenvalue weighted by Gasteiger charge is 2.53. The van der Waals surface area contributed by atoms with E-state index >= 15 is 0 Å². The number of hydrogen-bond acceptors (Lipinski definition) is 3. The molecular weight excluding hydrogens is 385 g/mol. The third kappa shape index (κ3) is 3.86. The zero-order chi connectivity index (χ0) is 20.8. The average Bonchev–Trinajstić information content (AvgIpc) is 3.06. The second kappa shape index (κ2) is 7.20. The molecule has 1 aromatic heterocycles. The van der Waals surface area contributed by atoms with Gasteiger partial charge < -0.3 is 10.6 Å². The normalized spacial score (nSPS) is 22.8. The van der Waals surface area contributed by atoms with Gasteiger partial charge in [-0.2, -0.15) is 18.3 Å². The van der Waals surface area contributed by atoms with Crippen molar-refractivity contribution in [2.75, 3.05) is 7.05 Å². The van der Waals surface area contributed by atoms with Crippen molar-refractivity contribution in [3.8, 4) is 0 Å². The maximum Gasteiger partial charge on any atom is 0.416 e. The van der Waals surface area contributed by atoms with Crippen LogP contribution in [0.15, 0.2) is 30.3 Å². The van der Waals surface area contributed by atoms with Gasteiger partial charge in [0.1, 0.15) is 5.69 Å². The number of carbonyl (C=O) groups is 2. The SMILES string of the molecule is CNC(=O)c1cc(C(=O)NC2C3CCCC32)n(Cc2cccc(C(F)(F)F)c2)n1. The molecular formula is C20H21F3N4O2. The van der Waals surface area contributed by atoms with Crippen LogP contribution in [0.5, 0.6) is 0 Å². The first-order valence-corrected chi connectivity index (χ1v) is 9.55. The molecule has 9 heteroatoms. The highest BCUT2D eigenvalue weighted by atomic mass is 19.4. The van der Waals surface area contributed by atoms with Crippen molar-refractivity contribution in [2.24, 2.45) is 11.8 Å². The fraction of sp³-hybridized carbons (Fsp3) is 0.450. The summed E-state index contributed by atoms with van der Waals surface area (Å²) in [4.78, 5) is 24.8. The lowest BCUT2D eigenvalue weighted by Crippen LogP contribution is -2.30. The minimum atomic E-state index is -4.46. The summed E-state index contributed by atoms with van der Waals surface area (Å²) in [5.41, 5.74) is -0.235. The molecule has 1 heterocycles. The highest BCUT2D eigenvalue weighted by Crippen LogP contribution is 2.51. The van der Waals surface area contributed by atoms with E-state index in [2.05, 4.69) is 15.7 Å². The zero-order valence-corrected chi connectivity index (χ0v) is 15.8. The number of nitrogens with one attached hydrogen (secondary N) is 2. The first kappa shape index (κ1) is 19.5. The molecule has 29 heavy (non-hydrogen) atoms. The van der Waals surface area contributed by atoms with E-state index in [1.54, 1.807) is 0 Å². The van der Waals surface area contributed by atoms with Crippen LogP contribution in [0.2, 0.25) is 0 Å². The summed E-state index contributed by atoms with van der Waals surface area (Å²) in [6, 6.07) is 6.36. The Morgan fingerprint density at radius 1 is 1.17 bits per heavy atom. The Morgan fingerprint density at radius 2 is 1.90 bits per heavy atom. The van der Waals surface area contributed by atoms with E-state index in [1.807, 2.05) is 0 Å². The van der Waals surface area contributed by atoms with Gasteiger partial charge in [0.2, 0.25) is 0 Å². The molecule has 2 amide bonds. The van der Waals surface area contributed by atoms with Crippen LogP contribution in [0.25, 0.3) is 0 Å². The monoisotopic (exact) mass is 406 g/mol. The smallest absolute Gasteiger partial charge is 0.354 e. The van der Waals surface area contributed by atoms with E-state index in [-0.39, 0.29) is 29.9 Å². The number of hydrogen-bond donors (Lipinski definition) is 2. The maximum atomic E-state index is 13.0. The van der Waals surface area contributed by atoms with Gasteiger partial charge in [-0.05, 0) is 42.4 Å². The van der Waals surface area contributed by atoms with Crippen LogP contribution in [0, 0.1) is 11.8 Å². The number of benzene rings is 1. The van der Waals surface area contributed by atoms with E-state index < -0.39 is 17.6 Å². The van der Waals surface area contributed by atoms with Crippen molar-refractivity contribution >= 4 is 11.8 Å². The van der Waals surface area contributed by atoms with Gasteiger partial charge in [-0.25, -0.2) is 0 Å². The molecule has 6 nitrogen and oxygen atoms in total. The minimum Gasteiger partial charge on any atom is -0.354 e. The van der Waals surface area contributed by atoms with Gasteiger partial charge in [0.15, 0.2) is 5.69 Å². The molecule has 2 atom stereocenters. The Balaban J connectivity index is 1.59. The van der Waals surface area contributed by atoms with Gasteiger partial charge in [0.05, 0.1) is 12.1 Å². The highest BCUT2D eigenvalue weighted by molar-refractivity contribution is 5.98. The minimum absolute atomic E-state index is 0.0422. The number of nitrogens with zero attached hydrogens (tertiary/aromatic N) is 2. The van der Waals surface area contributed by atoms with Crippen molar-refractivity contribution in [3.63, 3.8) is 0 Å². The molecule has 0 spiro atoms. The van der Waals surface area contributed by atoms with Crippen LogP contribution >= 0.6 is 0 Å². The summed E-state index contributed by atoms with van der Waals surface area (Å²) in [5, 5.41) is 9.59. The summed E-state index contributed by atoms with van der Waals surface area (Å²) < 4.78 is 40.3. The van der Waals surface area contributed by atoms with Crippen LogP contribution in [-0.2, 0) is 12.7 Å². The lowest BCUT2D eigenvalue weighted by Gasteiger charge is -2.11. The first-order chi connectivity index (χ1) is 13.8. The van der Waals surface area contributed by atoms with Crippen LogP contribution in [0.4, 0.5) is 13.2 Å². The van der Waals surface area contributed by atoms with E-state index in [0.717, 1.165) is 25.0 Å². The number of fused-ring (bicyclic) bond motifs is 1. The van der Waals surface area contributed by atoms with Gasteiger partial charge >= 0.3 is 6.18 Å². The zero-order valence-electron chi connectivity index (χ0n) is 15.8.